The summed E-state index contributed by atoms with van der Waals surface area (Å²) in [7, 11) is 1.45. The van der Waals surface area contributed by atoms with Crippen molar-refractivity contribution in [3.8, 4) is 0 Å². The van der Waals surface area contributed by atoms with Gasteiger partial charge in [-0.05, 0) is 30.2 Å². The van der Waals surface area contributed by atoms with Crippen LogP contribution in [-0.2, 0) is 4.84 Å². The fourth-order valence-electron chi connectivity index (χ4n) is 0.953. The third kappa shape index (κ3) is 2.34. The summed E-state index contributed by atoms with van der Waals surface area (Å²) in [5.41, 5.74) is 1.57. The van der Waals surface area contributed by atoms with E-state index < -0.39 is 0 Å². The van der Waals surface area contributed by atoms with E-state index in [9.17, 15) is 4.39 Å². The van der Waals surface area contributed by atoms with Crippen molar-refractivity contribution in [2.45, 2.75) is 6.92 Å². The average Bonchev–Trinajstić information content (AvgIpc) is 1.99. The molecule has 0 spiro atoms. The first-order valence-electron chi connectivity index (χ1n) is 3.56. The van der Waals surface area contributed by atoms with Crippen molar-refractivity contribution >= 4 is 6.21 Å². The van der Waals surface area contributed by atoms with Crippen molar-refractivity contribution in [1.29, 1.82) is 0 Å². The van der Waals surface area contributed by atoms with Crippen LogP contribution in [0.1, 0.15) is 11.1 Å². The highest BCUT2D eigenvalue weighted by molar-refractivity contribution is 5.79. The van der Waals surface area contributed by atoms with Crippen molar-refractivity contribution in [1.82, 2.24) is 0 Å². The molecule has 0 N–H and O–H groups in total. The quantitative estimate of drug-likeness (QED) is 0.488. The molecular formula is C9H10FNO. The van der Waals surface area contributed by atoms with Crippen molar-refractivity contribution in [3.05, 3.63) is 35.1 Å². The SMILES string of the molecule is CO/N=C/c1cc(C)cc(F)c1. The summed E-state index contributed by atoms with van der Waals surface area (Å²) < 4.78 is 12.8. The normalized spacial score (nSPS) is 10.6. The zero-order valence-corrected chi connectivity index (χ0v) is 7.04. The lowest BCUT2D eigenvalue weighted by molar-refractivity contribution is 0.215. The van der Waals surface area contributed by atoms with Crippen LogP contribution in [0.25, 0.3) is 0 Å². The van der Waals surface area contributed by atoms with Gasteiger partial charge in [-0.15, -0.1) is 0 Å². The molecule has 0 heterocycles. The predicted octanol–water partition coefficient (Wildman–Crippen LogP) is 2.11. The molecule has 0 aliphatic carbocycles. The highest BCUT2D eigenvalue weighted by Gasteiger charge is 1.94. The fourth-order valence-corrected chi connectivity index (χ4v) is 0.953. The highest BCUT2D eigenvalue weighted by atomic mass is 19.1. The lowest BCUT2D eigenvalue weighted by atomic mass is 10.1. The fraction of sp³-hybridized carbons (Fsp3) is 0.222. The number of hydrogen-bond acceptors (Lipinski definition) is 2. The molecule has 0 fully saturated rings. The number of benzene rings is 1. The highest BCUT2D eigenvalue weighted by Crippen LogP contribution is 2.05. The van der Waals surface area contributed by atoms with Gasteiger partial charge in [0.15, 0.2) is 0 Å². The number of aryl methyl sites for hydroxylation is 1. The number of halogens is 1. The third-order valence-electron chi connectivity index (χ3n) is 1.37. The van der Waals surface area contributed by atoms with E-state index in [0.29, 0.717) is 5.56 Å². The van der Waals surface area contributed by atoms with E-state index in [0.717, 1.165) is 5.56 Å². The van der Waals surface area contributed by atoms with Gasteiger partial charge in [-0.2, -0.15) is 0 Å². The molecule has 0 unspecified atom stereocenters. The molecule has 0 saturated heterocycles. The minimum Gasteiger partial charge on any atom is -0.399 e. The summed E-state index contributed by atoms with van der Waals surface area (Å²) in [5, 5.41) is 3.53. The molecule has 0 atom stereocenters. The lowest BCUT2D eigenvalue weighted by Crippen LogP contribution is -1.86. The van der Waals surface area contributed by atoms with E-state index in [1.165, 1.54) is 25.5 Å². The van der Waals surface area contributed by atoms with Crippen LogP contribution in [0.3, 0.4) is 0 Å². The van der Waals surface area contributed by atoms with Crippen LogP contribution in [0.2, 0.25) is 0 Å². The van der Waals surface area contributed by atoms with Gasteiger partial charge >= 0.3 is 0 Å². The Kier molecular flexibility index (Phi) is 2.80. The van der Waals surface area contributed by atoms with Crippen molar-refractivity contribution in [2.75, 3.05) is 7.11 Å². The van der Waals surface area contributed by atoms with E-state index in [1.807, 2.05) is 13.0 Å². The van der Waals surface area contributed by atoms with E-state index in [1.54, 1.807) is 0 Å². The first-order valence-corrected chi connectivity index (χ1v) is 3.56. The molecule has 0 aliphatic heterocycles. The summed E-state index contributed by atoms with van der Waals surface area (Å²) >= 11 is 0. The van der Waals surface area contributed by atoms with Crippen molar-refractivity contribution in [2.24, 2.45) is 5.16 Å². The minimum atomic E-state index is -0.257. The van der Waals surface area contributed by atoms with Crippen molar-refractivity contribution in [3.63, 3.8) is 0 Å². The Bertz CT molecular complexity index is 276. The Morgan fingerprint density at radius 1 is 1.42 bits per heavy atom. The van der Waals surface area contributed by atoms with Gasteiger partial charge in [0, 0.05) is 0 Å². The van der Waals surface area contributed by atoms with Crippen LogP contribution in [0.5, 0.6) is 0 Å². The summed E-state index contributed by atoms with van der Waals surface area (Å²) in [6.45, 7) is 1.83. The summed E-state index contributed by atoms with van der Waals surface area (Å²) in [5.74, 6) is -0.257. The smallest absolute Gasteiger partial charge is 0.124 e. The van der Waals surface area contributed by atoms with Crippen LogP contribution in [0.4, 0.5) is 4.39 Å². The molecule has 1 aromatic carbocycles. The number of hydrogen-bond donors (Lipinski definition) is 0. The first-order chi connectivity index (χ1) is 5.72. The maximum Gasteiger partial charge on any atom is 0.124 e. The van der Waals surface area contributed by atoms with Crippen LogP contribution in [0, 0.1) is 12.7 Å². The van der Waals surface area contributed by atoms with Gasteiger partial charge in [0.25, 0.3) is 0 Å². The van der Waals surface area contributed by atoms with Gasteiger partial charge in [0.05, 0.1) is 6.21 Å². The maximum absolute atomic E-state index is 12.8. The van der Waals surface area contributed by atoms with E-state index in [4.69, 9.17) is 0 Å². The topological polar surface area (TPSA) is 21.6 Å². The van der Waals surface area contributed by atoms with E-state index in [-0.39, 0.29) is 5.82 Å². The minimum absolute atomic E-state index is 0.257. The summed E-state index contributed by atoms with van der Waals surface area (Å²) in [6.07, 6.45) is 1.47. The standard InChI is InChI=1S/C9H10FNO/c1-7-3-8(6-11-12-2)5-9(10)4-7/h3-6H,1-2H3/b11-6+. The Morgan fingerprint density at radius 2 is 2.17 bits per heavy atom. The maximum atomic E-state index is 12.8. The molecule has 0 bridgehead atoms. The molecule has 1 aromatic rings. The monoisotopic (exact) mass is 167 g/mol. The summed E-state index contributed by atoms with van der Waals surface area (Å²) in [4.78, 5) is 4.47. The summed E-state index contributed by atoms with van der Waals surface area (Å²) in [6, 6.07) is 4.69. The second-order valence-electron chi connectivity index (χ2n) is 2.48. The average molecular weight is 167 g/mol. The van der Waals surface area contributed by atoms with Crippen LogP contribution in [0.15, 0.2) is 23.4 Å². The van der Waals surface area contributed by atoms with Crippen molar-refractivity contribution < 1.29 is 9.23 Å². The Hall–Kier alpha value is -1.38. The zero-order valence-electron chi connectivity index (χ0n) is 7.04. The number of rotatable bonds is 2. The van der Waals surface area contributed by atoms with Gasteiger partial charge in [-0.3, -0.25) is 0 Å². The van der Waals surface area contributed by atoms with Gasteiger partial charge in [-0.25, -0.2) is 4.39 Å². The largest absolute Gasteiger partial charge is 0.399 e. The molecule has 0 amide bonds. The van der Waals surface area contributed by atoms with Crippen LogP contribution < -0.4 is 0 Å². The second kappa shape index (κ2) is 3.85. The molecule has 0 radical (unpaired) electrons. The van der Waals surface area contributed by atoms with Gasteiger partial charge in [0.2, 0.25) is 0 Å². The van der Waals surface area contributed by atoms with E-state index in [2.05, 4.69) is 9.99 Å². The van der Waals surface area contributed by atoms with E-state index >= 15 is 0 Å². The molecule has 12 heavy (non-hydrogen) atoms. The number of nitrogens with zero attached hydrogens (tertiary/aromatic N) is 1. The molecule has 1 rings (SSSR count). The molecule has 3 heteroatoms. The van der Waals surface area contributed by atoms with Crippen LogP contribution >= 0.6 is 0 Å². The molecule has 2 nitrogen and oxygen atoms in total. The van der Waals surface area contributed by atoms with Gasteiger partial charge in [-0.1, -0.05) is 11.2 Å². The molecule has 0 aromatic heterocycles. The first kappa shape index (κ1) is 8.71. The Labute approximate surface area is 70.7 Å². The lowest BCUT2D eigenvalue weighted by Gasteiger charge is -1.95. The van der Waals surface area contributed by atoms with Gasteiger partial charge in [0.1, 0.15) is 12.9 Å². The predicted molar refractivity (Wildman–Crippen MR) is 45.7 cm³/mol. The molecule has 64 valence electrons. The second-order valence-corrected chi connectivity index (χ2v) is 2.48. The van der Waals surface area contributed by atoms with Crippen LogP contribution in [-0.4, -0.2) is 13.3 Å². The molecule has 0 saturated carbocycles. The molecule has 0 aliphatic rings. The Balaban J connectivity index is 2.93. The number of oxime groups is 1. The Morgan fingerprint density at radius 3 is 2.75 bits per heavy atom. The van der Waals surface area contributed by atoms with Gasteiger partial charge < -0.3 is 4.84 Å². The zero-order chi connectivity index (χ0) is 8.97. The third-order valence-corrected chi connectivity index (χ3v) is 1.37. The molecular weight excluding hydrogens is 157 g/mol.